The molecule has 0 heterocycles. The van der Waals surface area contributed by atoms with Gasteiger partial charge in [-0.1, -0.05) is 89.5 Å². The van der Waals surface area contributed by atoms with Crippen LogP contribution in [0.4, 0.5) is 0 Å². The minimum atomic E-state index is -2.66. The highest BCUT2D eigenvalue weighted by atomic mass is 32.2. The lowest BCUT2D eigenvalue weighted by atomic mass is 10.3. The summed E-state index contributed by atoms with van der Waals surface area (Å²) in [6, 6.07) is 0. The van der Waals surface area contributed by atoms with Gasteiger partial charge in [0.05, 0.1) is 11.9 Å². The van der Waals surface area contributed by atoms with Crippen molar-refractivity contribution in [3.05, 3.63) is 0 Å². The van der Waals surface area contributed by atoms with E-state index < -0.39 is 20.6 Å². The number of rotatable bonds is 7. The van der Waals surface area contributed by atoms with Crippen molar-refractivity contribution in [1.29, 1.82) is 0 Å². The van der Waals surface area contributed by atoms with Gasteiger partial charge in [0, 0.05) is 74.7 Å². The number of hydrogen-bond acceptors (Lipinski definition) is 8. The molecule has 0 aromatic carbocycles. The van der Waals surface area contributed by atoms with Crippen molar-refractivity contribution in [3.63, 3.8) is 0 Å². The minimum Gasteiger partial charge on any atom is -0.393 e. The van der Waals surface area contributed by atoms with Gasteiger partial charge < -0.3 is 26.3 Å². The van der Waals surface area contributed by atoms with Crippen LogP contribution in [0.15, 0.2) is 4.99 Å². The number of sulfone groups is 1. The molecule has 0 aliphatic heterocycles. The van der Waals surface area contributed by atoms with Crippen LogP contribution in [0.2, 0.25) is 0 Å². The Balaban J connectivity index is -0.0000000356. The molecular formula is C35H88N4O7S2. The molecule has 0 aliphatic carbocycles. The second-order valence-electron chi connectivity index (χ2n) is 9.09. The number of carbonyl (C=O) groups excluding carboxylic acids is 3. The first-order chi connectivity index (χ1) is 21.5. The van der Waals surface area contributed by atoms with Crippen molar-refractivity contribution < 1.29 is 32.1 Å². The highest BCUT2D eigenvalue weighted by molar-refractivity contribution is 7.90. The molecule has 13 heteroatoms. The van der Waals surface area contributed by atoms with Gasteiger partial charge in [0.1, 0.15) is 15.6 Å². The van der Waals surface area contributed by atoms with Crippen molar-refractivity contribution in [2.75, 3.05) is 43.7 Å². The second-order valence-corrected chi connectivity index (χ2v) is 13.2. The molecule has 0 aliphatic rings. The zero-order valence-electron chi connectivity index (χ0n) is 34.7. The summed E-state index contributed by atoms with van der Waals surface area (Å²) in [5.41, 5.74) is 5.15. The predicted molar refractivity (Wildman–Crippen MR) is 219 cm³/mol. The number of aliphatic imine (C=N–C) groups is 1. The first-order valence-corrected chi connectivity index (χ1v) is 20.7. The molecule has 0 saturated carbocycles. The van der Waals surface area contributed by atoms with E-state index in [4.69, 9.17) is 10.8 Å². The molecule has 5 N–H and O–H groups in total. The molecule has 0 fully saturated rings. The van der Waals surface area contributed by atoms with E-state index in [1.807, 2.05) is 55.4 Å². The number of nitrogens with two attached hydrogens (primary N) is 1. The fraction of sp³-hybridized carbons (Fsp3) is 0.886. The Kier molecular flexibility index (Phi) is 120. The van der Waals surface area contributed by atoms with Crippen LogP contribution < -0.4 is 16.4 Å². The Labute approximate surface area is 304 Å². The first-order valence-electron chi connectivity index (χ1n) is 16.9. The van der Waals surface area contributed by atoms with Crippen LogP contribution >= 0.6 is 0 Å². The number of amides is 2. The highest BCUT2D eigenvalue weighted by Gasteiger charge is 1.90. The third-order valence-electron chi connectivity index (χ3n) is 3.28. The van der Waals surface area contributed by atoms with Crippen molar-refractivity contribution in [3.8, 4) is 0 Å². The maximum absolute atomic E-state index is 10.0. The number of aliphatic hydroxyl groups is 1. The SMILES string of the molecule is C.CC.CCC.CCC.CCC(C)=O.CCC(C)O.CCN=C(C)N.CCNC(C)=O.CCNC(C)=O.CCS(C)(=O)=O.CCS(C)=O. The summed E-state index contributed by atoms with van der Waals surface area (Å²) in [4.78, 5) is 33.5. The smallest absolute Gasteiger partial charge is 0.216 e. The summed E-state index contributed by atoms with van der Waals surface area (Å²) in [5.74, 6) is 2.02. The average Bonchev–Trinajstić information content (AvgIpc) is 2.96. The van der Waals surface area contributed by atoms with E-state index >= 15 is 0 Å². The Morgan fingerprint density at radius 1 is 0.792 bits per heavy atom. The number of aliphatic hydroxyl groups excluding tert-OH is 1. The lowest BCUT2D eigenvalue weighted by Crippen LogP contribution is -2.18. The molecule has 302 valence electrons. The van der Waals surface area contributed by atoms with E-state index in [1.165, 1.54) is 32.9 Å². The van der Waals surface area contributed by atoms with Gasteiger partial charge in [-0.05, 0) is 48.0 Å². The van der Waals surface area contributed by atoms with Crippen LogP contribution in [-0.2, 0) is 35.0 Å². The summed E-state index contributed by atoms with van der Waals surface area (Å²) in [6.45, 7) is 36.0. The van der Waals surface area contributed by atoms with Crippen molar-refractivity contribution in [2.24, 2.45) is 10.7 Å². The topological polar surface area (TPSA) is 185 Å². The van der Waals surface area contributed by atoms with Gasteiger partial charge in [0.25, 0.3) is 0 Å². The summed E-state index contributed by atoms with van der Waals surface area (Å²) >= 11 is 0. The zero-order valence-corrected chi connectivity index (χ0v) is 36.3. The molecule has 0 aromatic heterocycles. The third-order valence-corrected chi connectivity index (χ3v) is 5.14. The lowest BCUT2D eigenvalue weighted by Gasteiger charge is -1.90. The monoisotopic (exact) mass is 741 g/mol. The number of carbonyl (C=O) groups is 3. The Hall–Kier alpha value is -1.86. The molecular weight excluding hydrogens is 653 g/mol. The summed E-state index contributed by atoms with van der Waals surface area (Å²) in [6.07, 6.45) is 6.82. The first kappa shape index (κ1) is 76.1. The molecule has 11 nitrogen and oxygen atoms in total. The fourth-order valence-corrected chi connectivity index (χ4v) is 0.747. The van der Waals surface area contributed by atoms with Gasteiger partial charge >= 0.3 is 0 Å². The molecule has 0 saturated heterocycles. The van der Waals surface area contributed by atoms with E-state index in [9.17, 15) is 27.0 Å². The molecule has 48 heavy (non-hydrogen) atoms. The van der Waals surface area contributed by atoms with Crippen LogP contribution in [0.25, 0.3) is 0 Å². The van der Waals surface area contributed by atoms with Gasteiger partial charge in [-0.3, -0.25) is 18.8 Å². The average molecular weight is 741 g/mol. The number of nitrogens with zero attached hydrogens (tertiary/aromatic N) is 1. The quantitative estimate of drug-likeness (QED) is 0.154. The number of hydrogen-bond donors (Lipinski definition) is 4. The summed E-state index contributed by atoms with van der Waals surface area (Å²) < 4.78 is 29.9. The van der Waals surface area contributed by atoms with Crippen LogP contribution in [0.5, 0.6) is 0 Å². The third kappa shape index (κ3) is 315. The van der Waals surface area contributed by atoms with E-state index in [-0.39, 0.29) is 36.9 Å². The molecule has 0 aromatic rings. The van der Waals surface area contributed by atoms with Gasteiger partial charge in [-0.25, -0.2) is 8.42 Å². The van der Waals surface area contributed by atoms with Gasteiger partial charge in [-0.2, -0.15) is 0 Å². The normalized spacial score (nSPS) is 9.65. The standard InChI is InChI=1S/C4H10N2.2C4H9NO.C4H10O.C4H8O.C3H8O2S.C3H8OS.2C3H8.C2H6.CH4/c1-3-6-4(2)5;2*1-3-5-4(2)6;2*1-3-4(2)5;1-3-6(2,4)5;1-3-5(2)4;2*1-3-2;1-2;/h3H2,1-2H3,(H2,5,6);2*3H2,1-2H3,(H,5,6);4-5H,3H2,1-2H3;3H2,1-2H3;3H2,1-2H3;3H2,1-2H3;2*3H2,1-2H3;1-2H3;1H4. The zero-order chi connectivity index (χ0) is 40.4. The Morgan fingerprint density at radius 2 is 1.00 bits per heavy atom. The number of nitrogens with one attached hydrogen (secondary N) is 2. The molecule has 0 radical (unpaired) electrons. The number of Topliss-reactive ketones (excluding diaryl/α,β-unsaturated/α-hetero) is 1. The molecule has 0 rings (SSSR count). The molecule has 0 bridgehead atoms. The summed E-state index contributed by atoms with van der Waals surface area (Å²) in [7, 11) is -3.23. The molecule has 2 amide bonds. The predicted octanol–water partition coefficient (Wildman–Crippen LogP) is 7.36. The van der Waals surface area contributed by atoms with E-state index in [0.717, 1.165) is 31.8 Å². The van der Waals surface area contributed by atoms with Crippen molar-refractivity contribution >= 4 is 44.1 Å². The van der Waals surface area contributed by atoms with Crippen molar-refractivity contribution in [2.45, 2.75) is 164 Å². The molecule has 2 unspecified atom stereocenters. The van der Waals surface area contributed by atoms with E-state index in [1.54, 1.807) is 34.0 Å². The highest BCUT2D eigenvalue weighted by Crippen LogP contribution is 1.81. The van der Waals surface area contributed by atoms with Crippen molar-refractivity contribution in [1.82, 2.24) is 10.6 Å². The van der Waals surface area contributed by atoms with Gasteiger partial charge in [0.15, 0.2) is 0 Å². The lowest BCUT2D eigenvalue weighted by molar-refractivity contribution is -0.119. The fourth-order valence-electron chi connectivity index (χ4n) is 0.747. The molecule has 2 atom stereocenters. The van der Waals surface area contributed by atoms with Gasteiger partial charge in [0.2, 0.25) is 11.8 Å². The number of amidine groups is 1. The largest absolute Gasteiger partial charge is 0.393 e. The molecule has 0 spiro atoms. The number of ketones is 1. The van der Waals surface area contributed by atoms with Crippen LogP contribution in [0.1, 0.15) is 158 Å². The van der Waals surface area contributed by atoms with Crippen LogP contribution in [0, 0.1) is 0 Å². The maximum Gasteiger partial charge on any atom is 0.216 e. The second kappa shape index (κ2) is 75.5. The summed E-state index contributed by atoms with van der Waals surface area (Å²) in [5, 5.41) is 13.5. The Bertz CT molecular complexity index is 696. The Morgan fingerprint density at radius 3 is 1.00 bits per heavy atom. The maximum atomic E-state index is 10.0. The van der Waals surface area contributed by atoms with Gasteiger partial charge in [-0.15, -0.1) is 0 Å². The van der Waals surface area contributed by atoms with E-state index in [2.05, 4.69) is 43.3 Å². The van der Waals surface area contributed by atoms with E-state index in [0.29, 0.717) is 12.3 Å². The van der Waals surface area contributed by atoms with Crippen LogP contribution in [-0.4, -0.2) is 90.9 Å². The van der Waals surface area contributed by atoms with Crippen LogP contribution in [0.3, 0.4) is 0 Å². The minimum absolute atomic E-state index is 0.